The van der Waals surface area contributed by atoms with Gasteiger partial charge in [0.2, 0.25) is 11.8 Å². The van der Waals surface area contributed by atoms with Crippen molar-refractivity contribution >= 4 is 29.7 Å². The molecule has 1 aliphatic rings. The first-order valence-corrected chi connectivity index (χ1v) is 10.4. The predicted molar refractivity (Wildman–Crippen MR) is 118 cm³/mol. The topological polar surface area (TPSA) is 86.8 Å². The molecule has 9 heteroatoms. The van der Waals surface area contributed by atoms with E-state index < -0.39 is 5.76 Å². The van der Waals surface area contributed by atoms with Crippen molar-refractivity contribution in [2.24, 2.45) is 0 Å². The van der Waals surface area contributed by atoms with Crippen LogP contribution in [0.4, 0.5) is 0 Å². The first-order chi connectivity index (χ1) is 15.0. The number of benzene rings is 1. The van der Waals surface area contributed by atoms with Crippen LogP contribution in [0.5, 0.6) is 11.5 Å². The van der Waals surface area contributed by atoms with Crippen LogP contribution >= 0.6 is 11.6 Å². The molecule has 3 rings (SSSR count). The number of aromatic nitrogens is 2. The fourth-order valence-electron chi connectivity index (χ4n) is 3.71. The zero-order chi connectivity index (χ0) is 22.4. The second-order valence-corrected chi connectivity index (χ2v) is 7.55. The molecule has 1 heterocycles. The molecule has 0 spiro atoms. The van der Waals surface area contributed by atoms with Crippen LogP contribution < -0.4 is 15.2 Å². The van der Waals surface area contributed by atoms with Crippen molar-refractivity contribution in [1.82, 2.24) is 14.7 Å². The van der Waals surface area contributed by atoms with Crippen LogP contribution in [0.2, 0.25) is 5.02 Å². The van der Waals surface area contributed by atoms with Gasteiger partial charge >= 0.3 is 5.76 Å². The Labute approximate surface area is 185 Å². The summed E-state index contributed by atoms with van der Waals surface area (Å²) >= 11 is 6.36. The van der Waals surface area contributed by atoms with E-state index in [4.69, 9.17) is 25.5 Å². The van der Waals surface area contributed by atoms with Crippen LogP contribution in [0.3, 0.4) is 0 Å². The highest BCUT2D eigenvalue weighted by Gasteiger charge is 2.26. The van der Waals surface area contributed by atoms with Crippen LogP contribution in [-0.4, -0.2) is 47.4 Å². The fraction of sp³-hybridized carbons (Fsp3) is 0.409. The standard InChI is InChI=1S/C22H26ClN3O5/c1-4-13-25(16-7-5-6-8-16)19(27)14-26-22(28)31-18(24-26)12-10-15-9-11-17(29-2)21(30-3)20(15)23/h4,9-12,16H,1,5-8,13-14H2,2-3H3/b12-10+. The largest absolute Gasteiger partial charge is 0.493 e. The molecule has 31 heavy (non-hydrogen) atoms. The molecule has 0 bridgehead atoms. The minimum Gasteiger partial charge on any atom is -0.493 e. The van der Waals surface area contributed by atoms with Gasteiger partial charge < -0.3 is 18.8 Å². The Morgan fingerprint density at radius 2 is 2.06 bits per heavy atom. The minimum absolute atomic E-state index is 0.0692. The molecule has 1 aliphatic carbocycles. The van der Waals surface area contributed by atoms with E-state index in [0.717, 1.165) is 30.4 Å². The van der Waals surface area contributed by atoms with Gasteiger partial charge in [-0.1, -0.05) is 30.5 Å². The normalized spacial score (nSPS) is 14.2. The SMILES string of the molecule is C=CCN(C(=O)Cn1nc(/C=C/c2ccc(OC)c(OC)c2Cl)oc1=O)C1CCCC1. The van der Waals surface area contributed by atoms with Gasteiger partial charge in [-0.3, -0.25) is 4.79 Å². The van der Waals surface area contributed by atoms with Gasteiger partial charge in [0.05, 0.1) is 19.2 Å². The summed E-state index contributed by atoms with van der Waals surface area (Å²) < 4.78 is 16.7. The average Bonchev–Trinajstić information content (AvgIpc) is 3.41. The van der Waals surface area contributed by atoms with Gasteiger partial charge in [0.25, 0.3) is 0 Å². The molecule has 2 aromatic rings. The maximum atomic E-state index is 12.8. The average molecular weight is 448 g/mol. The van der Waals surface area contributed by atoms with E-state index in [1.165, 1.54) is 20.3 Å². The van der Waals surface area contributed by atoms with Crippen LogP contribution in [0, 0.1) is 0 Å². The lowest BCUT2D eigenvalue weighted by Gasteiger charge is -2.27. The Balaban J connectivity index is 1.76. The molecule has 1 saturated carbocycles. The van der Waals surface area contributed by atoms with Gasteiger partial charge in [-0.2, -0.15) is 4.68 Å². The van der Waals surface area contributed by atoms with Gasteiger partial charge in [-0.15, -0.1) is 11.7 Å². The summed E-state index contributed by atoms with van der Waals surface area (Å²) in [4.78, 5) is 26.7. The Bertz CT molecular complexity index is 1020. The number of carbonyl (C=O) groups is 1. The second-order valence-electron chi connectivity index (χ2n) is 7.17. The molecule has 0 saturated heterocycles. The first kappa shape index (κ1) is 22.7. The molecule has 0 N–H and O–H groups in total. The molecule has 0 atom stereocenters. The zero-order valence-corrected chi connectivity index (χ0v) is 18.4. The predicted octanol–water partition coefficient (Wildman–Crippen LogP) is 3.63. The molecule has 0 unspecified atom stereocenters. The van der Waals surface area contributed by atoms with Gasteiger partial charge in [-0.25, -0.2) is 4.79 Å². The maximum Gasteiger partial charge on any atom is 0.437 e. The number of rotatable bonds is 9. The third kappa shape index (κ3) is 5.19. The maximum absolute atomic E-state index is 12.8. The molecule has 1 aromatic carbocycles. The van der Waals surface area contributed by atoms with Gasteiger partial charge in [-0.05, 0) is 36.6 Å². The van der Waals surface area contributed by atoms with Crippen LogP contribution in [0.15, 0.2) is 34.0 Å². The quantitative estimate of drug-likeness (QED) is 0.545. The monoisotopic (exact) mass is 447 g/mol. The molecular weight excluding hydrogens is 422 g/mol. The number of carbonyl (C=O) groups excluding carboxylic acids is 1. The molecular formula is C22H26ClN3O5. The number of hydrogen-bond acceptors (Lipinski definition) is 6. The number of amides is 1. The summed E-state index contributed by atoms with van der Waals surface area (Å²) in [6, 6.07) is 3.64. The summed E-state index contributed by atoms with van der Waals surface area (Å²) in [6.45, 7) is 4.00. The lowest BCUT2D eigenvalue weighted by molar-refractivity contribution is -0.133. The van der Waals surface area contributed by atoms with Crippen molar-refractivity contribution in [2.75, 3.05) is 20.8 Å². The second kappa shape index (κ2) is 10.3. The van der Waals surface area contributed by atoms with Crippen LogP contribution in [0.25, 0.3) is 12.2 Å². The molecule has 8 nitrogen and oxygen atoms in total. The Morgan fingerprint density at radius 3 is 2.71 bits per heavy atom. The molecule has 166 valence electrons. The Kier molecular flexibility index (Phi) is 7.57. The zero-order valence-electron chi connectivity index (χ0n) is 17.7. The Morgan fingerprint density at radius 1 is 1.32 bits per heavy atom. The number of ether oxygens (including phenoxy) is 2. The summed E-state index contributed by atoms with van der Waals surface area (Å²) in [5, 5.41) is 4.47. The summed E-state index contributed by atoms with van der Waals surface area (Å²) in [5.74, 6) is 0.0975. The first-order valence-electron chi connectivity index (χ1n) is 10.0. The van der Waals surface area contributed by atoms with E-state index in [0.29, 0.717) is 28.6 Å². The summed E-state index contributed by atoms with van der Waals surface area (Å²) in [7, 11) is 3.02. The fourth-order valence-corrected chi connectivity index (χ4v) is 4.01. The highest BCUT2D eigenvalue weighted by Crippen LogP contribution is 2.37. The van der Waals surface area contributed by atoms with Crippen LogP contribution in [0.1, 0.15) is 37.1 Å². The molecule has 1 amide bonds. The van der Waals surface area contributed by atoms with Crippen molar-refractivity contribution in [2.45, 2.75) is 38.3 Å². The summed E-state index contributed by atoms with van der Waals surface area (Å²) in [5.41, 5.74) is 0.631. The summed E-state index contributed by atoms with van der Waals surface area (Å²) in [6.07, 6.45) is 8.98. The van der Waals surface area contributed by atoms with Crippen molar-refractivity contribution in [3.63, 3.8) is 0 Å². The van der Waals surface area contributed by atoms with Gasteiger partial charge in [0.15, 0.2) is 11.5 Å². The number of methoxy groups -OCH3 is 2. The highest BCUT2D eigenvalue weighted by atomic mass is 35.5. The van der Waals surface area contributed by atoms with Gasteiger partial charge in [0, 0.05) is 18.7 Å². The van der Waals surface area contributed by atoms with E-state index >= 15 is 0 Å². The van der Waals surface area contributed by atoms with Crippen molar-refractivity contribution in [3.05, 3.63) is 51.8 Å². The van der Waals surface area contributed by atoms with E-state index in [-0.39, 0.29) is 24.4 Å². The lowest BCUT2D eigenvalue weighted by Crippen LogP contribution is -2.42. The minimum atomic E-state index is -0.698. The van der Waals surface area contributed by atoms with E-state index in [1.54, 1.807) is 29.2 Å². The lowest BCUT2D eigenvalue weighted by atomic mass is 10.2. The van der Waals surface area contributed by atoms with E-state index in [1.807, 2.05) is 0 Å². The van der Waals surface area contributed by atoms with Crippen molar-refractivity contribution < 1.29 is 18.7 Å². The van der Waals surface area contributed by atoms with Gasteiger partial charge in [0.1, 0.15) is 6.54 Å². The number of halogens is 1. The van der Waals surface area contributed by atoms with Crippen molar-refractivity contribution in [1.29, 1.82) is 0 Å². The van der Waals surface area contributed by atoms with E-state index in [2.05, 4.69) is 11.7 Å². The highest BCUT2D eigenvalue weighted by molar-refractivity contribution is 6.33. The molecule has 0 radical (unpaired) electrons. The smallest absolute Gasteiger partial charge is 0.437 e. The molecule has 1 aromatic heterocycles. The van der Waals surface area contributed by atoms with Crippen LogP contribution in [-0.2, 0) is 11.3 Å². The third-order valence-corrected chi connectivity index (χ3v) is 5.63. The van der Waals surface area contributed by atoms with E-state index in [9.17, 15) is 9.59 Å². The third-order valence-electron chi connectivity index (χ3n) is 5.24. The Hall–Kier alpha value is -3.00. The molecule has 1 fully saturated rings. The van der Waals surface area contributed by atoms with Crippen molar-refractivity contribution in [3.8, 4) is 11.5 Å². The number of hydrogen-bond donors (Lipinski definition) is 0. The molecule has 0 aliphatic heterocycles. The number of nitrogens with zero attached hydrogens (tertiary/aromatic N) is 3.